The largest absolute Gasteiger partial charge is 0.450 e. The van der Waals surface area contributed by atoms with Crippen LogP contribution in [0.1, 0.15) is 38.2 Å². The highest BCUT2D eigenvalue weighted by molar-refractivity contribution is 6.00. The molecule has 0 bridgehead atoms. The predicted molar refractivity (Wildman–Crippen MR) is 82.2 cm³/mol. The minimum Gasteiger partial charge on any atom is -0.450 e. The molecule has 0 spiro atoms. The van der Waals surface area contributed by atoms with Crippen LogP contribution >= 0.6 is 0 Å². The lowest BCUT2D eigenvalue weighted by atomic mass is 9.96. The van der Waals surface area contributed by atoms with Gasteiger partial charge in [-0.2, -0.15) is 5.26 Å². The molecule has 0 saturated carbocycles. The smallest absolute Gasteiger partial charge is 0.312 e. The molecule has 1 amide bonds. The van der Waals surface area contributed by atoms with E-state index < -0.39 is 11.9 Å². The summed E-state index contributed by atoms with van der Waals surface area (Å²) in [4.78, 5) is 25.8. The van der Waals surface area contributed by atoms with E-state index in [1.54, 1.807) is 11.0 Å². The quantitative estimate of drug-likeness (QED) is 0.784. The van der Waals surface area contributed by atoms with Gasteiger partial charge in [0.2, 0.25) is 5.91 Å². The topological polar surface area (TPSA) is 70.4 Å². The van der Waals surface area contributed by atoms with E-state index in [0.717, 1.165) is 17.7 Å². The Balaban J connectivity index is 2.19. The van der Waals surface area contributed by atoms with Crippen LogP contribution in [0.3, 0.4) is 0 Å². The highest BCUT2D eigenvalue weighted by atomic mass is 16.5. The minimum atomic E-state index is -0.495. The standard InChI is InChI=1S/C17H20N2O3/c1-3-12(2)14-6-4-5-7-15(14)19-11-13(10-16(19)20)17(21)22-9-8-18/h4-7,12-13H,3,9-11H2,1-2H3/t12-,13+/m1/s1. The molecule has 1 aliphatic heterocycles. The van der Waals surface area contributed by atoms with E-state index in [1.807, 2.05) is 24.3 Å². The average Bonchev–Trinajstić information content (AvgIpc) is 2.93. The van der Waals surface area contributed by atoms with Crippen molar-refractivity contribution < 1.29 is 14.3 Å². The first-order valence-corrected chi connectivity index (χ1v) is 7.51. The van der Waals surface area contributed by atoms with Gasteiger partial charge < -0.3 is 9.64 Å². The number of hydrogen-bond acceptors (Lipinski definition) is 4. The Morgan fingerprint density at radius 3 is 2.91 bits per heavy atom. The zero-order valence-electron chi connectivity index (χ0n) is 12.9. The van der Waals surface area contributed by atoms with Crippen molar-refractivity contribution in [1.29, 1.82) is 5.26 Å². The molecule has 1 saturated heterocycles. The molecule has 1 aromatic carbocycles. The van der Waals surface area contributed by atoms with Crippen LogP contribution < -0.4 is 4.90 Å². The molecule has 0 aliphatic carbocycles. The van der Waals surface area contributed by atoms with E-state index in [1.165, 1.54) is 0 Å². The van der Waals surface area contributed by atoms with Crippen LogP contribution in [0.25, 0.3) is 0 Å². The van der Waals surface area contributed by atoms with Gasteiger partial charge in [0.25, 0.3) is 0 Å². The van der Waals surface area contributed by atoms with Gasteiger partial charge >= 0.3 is 5.97 Å². The summed E-state index contributed by atoms with van der Waals surface area (Å²) in [5.41, 5.74) is 1.99. The lowest BCUT2D eigenvalue weighted by Gasteiger charge is -2.23. The molecule has 5 heteroatoms. The molecule has 1 aliphatic rings. The van der Waals surface area contributed by atoms with E-state index in [-0.39, 0.29) is 18.9 Å². The monoisotopic (exact) mass is 300 g/mol. The van der Waals surface area contributed by atoms with Crippen molar-refractivity contribution in [3.8, 4) is 6.07 Å². The molecule has 0 aromatic heterocycles. The molecule has 0 N–H and O–H groups in total. The highest BCUT2D eigenvalue weighted by Crippen LogP contribution is 2.33. The van der Waals surface area contributed by atoms with Gasteiger partial charge in [-0.3, -0.25) is 9.59 Å². The van der Waals surface area contributed by atoms with Gasteiger partial charge in [0.1, 0.15) is 6.07 Å². The van der Waals surface area contributed by atoms with Crippen molar-refractivity contribution in [2.75, 3.05) is 18.1 Å². The number of anilines is 1. The minimum absolute atomic E-state index is 0.0744. The molecule has 22 heavy (non-hydrogen) atoms. The second-order valence-corrected chi connectivity index (χ2v) is 5.54. The van der Waals surface area contributed by atoms with Crippen LogP contribution in [0.2, 0.25) is 0 Å². The Morgan fingerprint density at radius 2 is 2.23 bits per heavy atom. The molecule has 0 unspecified atom stereocenters. The number of esters is 1. The van der Waals surface area contributed by atoms with Crippen LogP contribution in [-0.4, -0.2) is 25.0 Å². The highest BCUT2D eigenvalue weighted by Gasteiger charge is 2.37. The number of ether oxygens (including phenoxy) is 1. The third kappa shape index (κ3) is 3.28. The fourth-order valence-corrected chi connectivity index (χ4v) is 2.69. The fourth-order valence-electron chi connectivity index (χ4n) is 2.69. The zero-order valence-corrected chi connectivity index (χ0v) is 12.9. The van der Waals surface area contributed by atoms with Crippen molar-refractivity contribution >= 4 is 17.6 Å². The first kappa shape index (κ1) is 16.0. The first-order chi connectivity index (χ1) is 10.6. The van der Waals surface area contributed by atoms with Crippen LogP contribution in [0.5, 0.6) is 0 Å². The average molecular weight is 300 g/mol. The number of hydrogen-bond donors (Lipinski definition) is 0. The first-order valence-electron chi connectivity index (χ1n) is 7.51. The molecule has 5 nitrogen and oxygen atoms in total. The second kappa shape index (κ2) is 7.08. The third-order valence-electron chi connectivity index (χ3n) is 4.11. The summed E-state index contributed by atoms with van der Waals surface area (Å²) < 4.78 is 4.83. The van der Waals surface area contributed by atoms with Crippen molar-refractivity contribution in [3.05, 3.63) is 29.8 Å². The Hall–Kier alpha value is -2.35. The number of para-hydroxylation sites is 1. The number of nitriles is 1. The second-order valence-electron chi connectivity index (χ2n) is 5.54. The number of benzene rings is 1. The van der Waals surface area contributed by atoms with Gasteiger partial charge in [-0.1, -0.05) is 32.0 Å². The summed E-state index contributed by atoms with van der Waals surface area (Å²) in [6.45, 7) is 4.27. The predicted octanol–water partition coefficient (Wildman–Crippen LogP) is 2.62. The van der Waals surface area contributed by atoms with Crippen LogP contribution in [0, 0.1) is 17.2 Å². The van der Waals surface area contributed by atoms with Gasteiger partial charge in [0, 0.05) is 18.7 Å². The van der Waals surface area contributed by atoms with Gasteiger partial charge in [-0.05, 0) is 24.0 Å². The maximum absolute atomic E-state index is 12.3. The lowest BCUT2D eigenvalue weighted by molar-refractivity contribution is -0.146. The third-order valence-corrected chi connectivity index (χ3v) is 4.11. The van der Waals surface area contributed by atoms with Gasteiger partial charge in [0.15, 0.2) is 6.61 Å². The van der Waals surface area contributed by atoms with Crippen molar-refractivity contribution in [2.24, 2.45) is 5.92 Å². The Labute approximate surface area is 130 Å². The van der Waals surface area contributed by atoms with Crippen molar-refractivity contribution in [3.63, 3.8) is 0 Å². The maximum atomic E-state index is 12.3. The van der Waals surface area contributed by atoms with E-state index in [0.29, 0.717) is 12.5 Å². The molecule has 2 atom stereocenters. The Kier molecular flexibility index (Phi) is 5.16. The van der Waals surface area contributed by atoms with E-state index >= 15 is 0 Å². The van der Waals surface area contributed by atoms with E-state index in [4.69, 9.17) is 10.00 Å². The van der Waals surface area contributed by atoms with E-state index in [2.05, 4.69) is 13.8 Å². The van der Waals surface area contributed by atoms with Crippen molar-refractivity contribution in [2.45, 2.75) is 32.6 Å². The van der Waals surface area contributed by atoms with Gasteiger partial charge in [0.05, 0.1) is 5.92 Å². The normalized spacial score (nSPS) is 18.9. The molecular formula is C17H20N2O3. The summed E-state index contributed by atoms with van der Waals surface area (Å²) in [6, 6.07) is 9.57. The van der Waals surface area contributed by atoms with Crippen LogP contribution in [0.4, 0.5) is 5.69 Å². The van der Waals surface area contributed by atoms with Crippen molar-refractivity contribution in [1.82, 2.24) is 0 Å². The summed E-state index contributed by atoms with van der Waals surface area (Å²) >= 11 is 0. The van der Waals surface area contributed by atoms with E-state index in [9.17, 15) is 9.59 Å². The molecule has 2 rings (SSSR count). The SMILES string of the molecule is CC[C@@H](C)c1ccccc1N1C[C@@H](C(=O)OCC#N)CC1=O. The summed E-state index contributed by atoms with van der Waals surface area (Å²) in [7, 11) is 0. The number of amides is 1. The lowest BCUT2D eigenvalue weighted by Crippen LogP contribution is -2.27. The Bertz CT molecular complexity index is 606. The number of nitrogens with zero attached hydrogens (tertiary/aromatic N) is 2. The molecule has 1 fully saturated rings. The van der Waals surface area contributed by atoms with Crippen LogP contribution in [-0.2, 0) is 14.3 Å². The zero-order chi connectivity index (χ0) is 16.1. The van der Waals surface area contributed by atoms with Gasteiger partial charge in [-0.25, -0.2) is 0 Å². The van der Waals surface area contributed by atoms with Crippen LogP contribution in [0.15, 0.2) is 24.3 Å². The molecule has 116 valence electrons. The summed E-state index contributed by atoms with van der Waals surface area (Å²) in [5, 5.41) is 8.46. The number of rotatable bonds is 5. The number of carbonyl (C=O) groups is 2. The Morgan fingerprint density at radius 1 is 1.50 bits per heavy atom. The summed E-state index contributed by atoms with van der Waals surface area (Å²) in [5.74, 6) is -0.701. The molecular weight excluding hydrogens is 280 g/mol. The summed E-state index contributed by atoms with van der Waals surface area (Å²) in [6.07, 6.45) is 1.12. The fraction of sp³-hybridized carbons (Fsp3) is 0.471. The molecule has 1 heterocycles. The number of carbonyl (C=O) groups excluding carboxylic acids is 2. The molecule has 0 radical (unpaired) electrons. The molecule has 1 aromatic rings. The van der Waals surface area contributed by atoms with Gasteiger partial charge in [-0.15, -0.1) is 0 Å². The maximum Gasteiger partial charge on any atom is 0.312 e.